The van der Waals surface area contributed by atoms with Gasteiger partial charge in [0.2, 0.25) is 5.91 Å². The third-order valence-electron chi connectivity index (χ3n) is 3.63. The van der Waals surface area contributed by atoms with Gasteiger partial charge < -0.3 is 14.8 Å². The first-order valence-electron chi connectivity index (χ1n) is 8.38. The molecule has 0 aliphatic rings. The average Bonchev–Trinajstić information content (AvgIpc) is 2.66. The first-order chi connectivity index (χ1) is 13.8. The smallest absolute Gasteiger partial charge is 0.276 e. The molecular formula is C19H19Br2N3O4S. The second kappa shape index (κ2) is 11.1. The van der Waals surface area contributed by atoms with Crippen molar-refractivity contribution in [2.75, 3.05) is 13.7 Å². The zero-order valence-electron chi connectivity index (χ0n) is 15.7. The zero-order valence-corrected chi connectivity index (χ0v) is 19.7. The van der Waals surface area contributed by atoms with Gasteiger partial charge in [-0.2, -0.15) is 0 Å². The van der Waals surface area contributed by atoms with Crippen molar-refractivity contribution in [2.24, 2.45) is 0 Å². The molecule has 0 radical (unpaired) electrons. The molecule has 2 aromatic rings. The lowest BCUT2D eigenvalue weighted by Gasteiger charge is -2.13. The highest BCUT2D eigenvalue weighted by Gasteiger charge is 2.11. The van der Waals surface area contributed by atoms with E-state index in [9.17, 15) is 9.59 Å². The first kappa shape index (κ1) is 23.1. The summed E-state index contributed by atoms with van der Waals surface area (Å²) < 4.78 is 12.2. The molecule has 0 heterocycles. The molecule has 3 N–H and O–H groups in total. The minimum atomic E-state index is -0.453. The summed E-state index contributed by atoms with van der Waals surface area (Å²) in [5.41, 5.74) is 6.52. The van der Waals surface area contributed by atoms with Crippen LogP contribution in [0.3, 0.4) is 0 Å². The average molecular weight is 545 g/mol. The number of carbonyl (C=O) groups is 2. The number of amides is 2. The van der Waals surface area contributed by atoms with Crippen LogP contribution < -0.4 is 25.6 Å². The van der Waals surface area contributed by atoms with Crippen molar-refractivity contribution in [3.05, 3.63) is 56.5 Å². The van der Waals surface area contributed by atoms with Gasteiger partial charge in [0.05, 0.1) is 18.0 Å². The first-order valence-corrected chi connectivity index (χ1v) is 10.4. The van der Waals surface area contributed by atoms with Crippen molar-refractivity contribution in [2.45, 2.75) is 13.3 Å². The molecule has 0 fully saturated rings. The quantitative estimate of drug-likeness (QED) is 0.382. The number of benzene rings is 2. The van der Waals surface area contributed by atoms with E-state index >= 15 is 0 Å². The van der Waals surface area contributed by atoms with E-state index in [0.29, 0.717) is 11.5 Å². The third-order valence-corrected chi connectivity index (χ3v) is 4.88. The van der Waals surface area contributed by atoms with Gasteiger partial charge in [0.1, 0.15) is 11.5 Å². The number of rotatable bonds is 6. The Morgan fingerprint density at radius 3 is 2.38 bits per heavy atom. The minimum Gasteiger partial charge on any atom is -0.497 e. The van der Waals surface area contributed by atoms with Crippen LogP contribution in [-0.2, 0) is 16.0 Å². The van der Waals surface area contributed by atoms with Crippen LogP contribution in [0.15, 0.2) is 45.3 Å². The van der Waals surface area contributed by atoms with Crippen LogP contribution in [-0.4, -0.2) is 30.6 Å². The second-order valence-electron chi connectivity index (χ2n) is 5.90. The Labute approximate surface area is 190 Å². The van der Waals surface area contributed by atoms with Crippen molar-refractivity contribution in [1.82, 2.24) is 16.2 Å². The van der Waals surface area contributed by atoms with Crippen LogP contribution in [0.2, 0.25) is 0 Å². The molecule has 0 aromatic heterocycles. The lowest BCUT2D eigenvalue weighted by atomic mass is 10.1. The van der Waals surface area contributed by atoms with E-state index in [1.807, 2.05) is 19.1 Å². The molecule has 154 valence electrons. The van der Waals surface area contributed by atoms with Crippen LogP contribution in [0.4, 0.5) is 0 Å². The third kappa shape index (κ3) is 7.64. The van der Waals surface area contributed by atoms with E-state index in [2.05, 4.69) is 48.0 Å². The summed E-state index contributed by atoms with van der Waals surface area (Å²) in [4.78, 5) is 24.0. The fraction of sp³-hybridized carbons (Fsp3) is 0.211. The van der Waals surface area contributed by atoms with Gasteiger partial charge >= 0.3 is 0 Å². The topological polar surface area (TPSA) is 88.7 Å². The molecule has 2 rings (SSSR count). The van der Waals surface area contributed by atoms with Crippen LogP contribution in [0.25, 0.3) is 0 Å². The highest BCUT2D eigenvalue weighted by Crippen LogP contribution is 2.32. The molecule has 29 heavy (non-hydrogen) atoms. The molecule has 0 aliphatic heterocycles. The monoisotopic (exact) mass is 543 g/mol. The van der Waals surface area contributed by atoms with Crippen LogP contribution in [0.5, 0.6) is 11.5 Å². The molecule has 0 saturated carbocycles. The lowest BCUT2D eigenvalue weighted by molar-refractivity contribution is -0.124. The van der Waals surface area contributed by atoms with E-state index in [0.717, 1.165) is 20.1 Å². The molecule has 2 amide bonds. The number of hydrogen-bond acceptors (Lipinski definition) is 5. The Balaban J connectivity index is 1.74. The Kier molecular flexibility index (Phi) is 8.87. The Hall–Kier alpha value is -2.17. The van der Waals surface area contributed by atoms with Crippen molar-refractivity contribution < 1.29 is 19.1 Å². The van der Waals surface area contributed by atoms with Crippen molar-refractivity contribution in [3.8, 4) is 11.5 Å². The van der Waals surface area contributed by atoms with Gasteiger partial charge in [0.15, 0.2) is 11.7 Å². The molecule has 10 heteroatoms. The number of ether oxygens (including phenoxy) is 2. The normalized spacial score (nSPS) is 10.1. The minimum absolute atomic E-state index is 0.0159. The highest BCUT2D eigenvalue weighted by molar-refractivity contribution is 9.11. The van der Waals surface area contributed by atoms with E-state index in [-0.39, 0.29) is 24.0 Å². The van der Waals surface area contributed by atoms with Crippen molar-refractivity contribution in [3.63, 3.8) is 0 Å². The number of aryl methyl sites for hydroxylation is 1. The predicted octanol–water partition coefficient (Wildman–Crippen LogP) is 3.17. The number of carbonyl (C=O) groups excluding carboxylic acids is 2. The number of hydrazine groups is 1. The van der Waals surface area contributed by atoms with Crippen molar-refractivity contribution >= 4 is 61.0 Å². The molecule has 0 bridgehead atoms. The molecule has 0 atom stereocenters. The fourth-order valence-electron chi connectivity index (χ4n) is 2.30. The SMILES string of the molecule is COc1ccc(CC(=O)NC(=S)NNC(=O)COc2c(C)cc(Br)cc2Br)cc1. The van der Waals surface area contributed by atoms with E-state index in [1.54, 1.807) is 31.4 Å². The molecule has 0 unspecified atom stereocenters. The summed E-state index contributed by atoms with van der Waals surface area (Å²) in [6.07, 6.45) is 0.139. The summed E-state index contributed by atoms with van der Waals surface area (Å²) in [6.45, 7) is 1.64. The van der Waals surface area contributed by atoms with Crippen LogP contribution >= 0.6 is 44.1 Å². The summed E-state index contributed by atoms with van der Waals surface area (Å²) in [5.74, 6) is 0.513. The van der Waals surface area contributed by atoms with Crippen LogP contribution in [0.1, 0.15) is 11.1 Å². The van der Waals surface area contributed by atoms with E-state index in [1.165, 1.54) is 0 Å². The van der Waals surface area contributed by atoms with Gasteiger partial charge in [-0.25, -0.2) is 0 Å². The number of hydrogen-bond donors (Lipinski definition) is 3. The molecule has 0 saturated heterocycles. The standard InChI is InChI=1S/C19H19Br2N3O4S/c1-11-7-13(20)9-15(21)18(11)28-10-17(26)23-24-19(29)22-16(25)8-12-3-5-14(27-2)6-4-12/h3-7,9H,8,10H2,1-2H3,(H,23,26)(H2,22,24,25,29). The summed E-state index contributed by atoms with van der Waals surface area (Å²) >= 11 is 11.8. The molecule has 0 aliphatic carbocycles. The van der Waals surface area contributed by atoms with E-state index in [4.69, 9.17) is 21.7 Å². The van der Waals surface area contributed by atoms with Crippen molar-refractivity contribution in [1.29, 1.82) is 0 Å². The van der Waals surface area contributed by atoms with Gasteiger partial charge in [-0.05, 0) is 70.5 Å². The predicted molar refractivity (Wildman–Crippen MR) is 121 cm³/mol. The largest absolute Gasteiger partial charge is 0.497 e. The Morgan fingerprint density at radius 1 is 1.07 bits per heavy atom. The number of halogens is 2. The number of thiocarbonyl (C=S) groups is 1. The molecule has 7 nitrogen and oxygen atoms in total. The summed E-state index contributed by atoms with van der Waals surface area (Å²) in [6, 6.07) is 10.8. The maximum Gasteiger partial charge on any atom is 0.276 e. The second-order valence-corrected chi connectivity index (χ2v) is 8.08. The van der Waals surface area contributed by atoms with Gasteiger partial charge in [0, 0.05) is 4.47 Å². The number of methoxy groups -OCH3 is 1. The van der Waals surface area contributed by atoms with Gasteiger partial charge in [0.25, 0.3) is 5.91 Å². The van der Waals surface area contributed by atoms with Gasteiger partial charge in [-0.1, -0.05) is 28.1 Å². The van der Waals surface area contributed by atoms with Gasteiger partial charge in [-0.3, -0.25) is 20.4 Å². The molecular weight excluding hydrogens is 526 g/mol. The van der Waals surface area contributed by atoms with Gasteiger partial charge in [-0.15, -0.1) is 0 Å². The van der Waals surface area contributed by atoms with Crippen LogP contribution in [0, 0.1) is 6.92 Å². The molecule has 2 aromatic carbocycles. The zero-order chi connectivity index (χ0) is 21.4. The maximum absolute atomic E-state index is 12.0. The Morgan fingerprint density at radius 2 is 1.76 bits per heavy atom. The van der Waals surface area contributed by atoms with E-state index < -0.39 is 5.91 Å². The maximum atomic E-state index is 12.0. The summed E-state index contributed by atoms with van der Waals surface area (Å²) in [5, 5.41) is 2.48. The molecule has 0 spiro atoms. The highest BCUT2D eigenvalue weighted by atomic mass is 79.9. The summed E-state index contributed by atoms with van der Waals surface area (Å²) in [7, 11) is 1.57. The fourth-order valence-corrected chi connectivity index (χ4v) is 4.02. The Bertz CT molecular complexity index is 884. The number of nitrogens with one attached hydrogen (secondary N) is 3. The lowest BCUT2D eigenvalue weighted by Crippen LogP contribution is -2.50.